The van der Waals surface area contributed by atoms with Gasteiger partial charge >= 0.3 is 5.97 Å². The fourth-order valence-electron chi connectivity index (χ4n) is 2.49. The van der Waals surface area contributed by atoms with Crippen LogP contribution in [0.25, 0.3) is 0 Å². The van der Waals surface area contributed by atoms with Crippen LogP contribution in [0.3, 0.4) is 0 Å². The molecule has 1 N–H and O–H groups in total. The van der Waals surface area contributed by atoms with E-state index in [2.05, 4.69) is 0 Å². The maximum Gasteiger partial charge on any atom is 0.314 e. The van der Waals surface area contributed by atoms with Crippen molar-refractivity contribution in [1.82, 2.24) is 0 Å². The molecular formula is C12H12F2O2. The Kier molecular flexibility index (Phi) is 2.45. The molecule has 1 aromatic rings. The van der Waals surface area contributed by atoms with Gasteiger partial charge in [0.25, 0.3) is 0 Å². The van der Waals surface area contributed by atoms with Crippen LogP contribution in [0.2, 0.25) is 0 Å². The molecule has 0 spiro atoms. The summed E-state index contributed by atoms with van der Waals surface area (Å²) in [5, 5.41) is 9.19. The molecule has 86 valence electrons. The van der Waals surface area contributed by atoms with Gasteiger partial charge in [-0.1, -0.05) is 6.92 Å². The normalized spacial score (nSPS) is 28.6. The lowest BCUT2D eigenvalue weighted by Gasteiger charge is -2.43. The number of carbonyl (C=O) groups is 1. The summed E-state index contributed by atoms with van der Waals surface area (Å²) in [6.07, 6.45) is 0.871. The van der Waals surface area contributed by atoms with Crippen LogP contribution in [0.4, 0.5) is 8.78 Å². The molecule has 4 heteroatoms. The molecule has 0 amide bonds. The molecule has 0 saturated heterocycles. The first-order chi connectivity index (χ1) is 7.44. The first-order valence-corrected chi connectivity index (χ1v) is 5.14. The third-order valence-corrected chi connectivity index (χ3v) is 3.22. The second-order valence-corrected chi connectivity index (χ2v) is 4.56. The van der Waals surface area contributed by atoms with E-state index in [-0.39, 0.29) is 11.5 Å². The van der Waals surface area contributed by atoms with Crippen molar-refractivity contribution in [2.45, 2.75) is 25.2 Å². The summed E-state index contributed by atoms with van der Waals surface area (Å²) in [6, 6.07) is 2.98. The fourth-order valence-corrected chi connectivity index (χ4v) is 2.49. The van der Waals surface area contributed by atoms with Gasteiger partial charge in [-0.2, -0.15) is 0 Å². The standard InChI is InChI=1S/C12H12F2O2/c1-7-5-12(6-7,11(15)16)8-2-9(13)4-10(14)3-8/h2-4,7H,5-6H2,1H3,(H,15,16). The highest BCUT2D eigenvalue weighted by Crippen LogP contribution is 2.48. The third kappa shape index (κ3) is 1.58. The lowest BCUT2D eigenvalue weighted by atomic mass is 9.59. The number of hydrogen-bond donors (Lipinski definition) is 1. The second-order valence-electron chi connectivity index (χ2n) is 4.56. The number of benzene rings is 1. The quantitative estimate of drug-likeness (QED) is 0.841. The second kappa shape index (κ2) is 3.54. The SMILES string of the molecule is CC1CC(C(=O)O)(c2cc(F)cc(F)c2)C1. The Labute approximate surface area is 91.9 Å². The monoisotopic (exact) mass is 226 g/mol. The van der Waals surface area contributed by atoms with E-state index in [4.69, 9.17) is 0 Å². The zero-order chi connectivity index (χ0) is 11.9. The summed E-state index contributed by atoms with van der Waals surface area (Å²) < 4.78 is 26.1. The molecule has 2 nitrogen and oxygen atoms in total. The minimum atomic E-state index is -1.09. The zero-order valence-electron chi connectivity index (χ0n) is 8.84. The summed E-state index contributed by atoms with van der Waals surface area (Å²) in [7, 11) is 0. The number of carboxylic acid groups (broad SMARTS) is 1. The Balaban J connectivity index is 2.45. The van der Waals surface area contributed by atoms with Gasteiger partial charge in [-0.05, 0) is 36.5 Å². The third-order valence-electron chi connectivity index (χ3n) is 3.22. The van der Waals surface area contributed by atoms with Crippen LogP contribution in [-0.4, -0.2) is 11.1 Å². The van der Waals surface area contributed by atoms with E-state index in [0.29, 0.717) is 12.8 Å². The van der Waals surface area contributed by atoms with E-state index in [9.17, 15) is 18.7 Å². The van der Waals surface area contributed by atoms with Gasteiger partial charge in [-0.25, -0.2) is 8.78 Å². The van der Waals surface area contributed by atoms with E-state index < -0.39 is 23.0 Å². The van der Waals surface area contributed by atoms with Gasteiger partial charge in [-0.3, -0.25) is 4.79 Å². The number of carboxylic acids is 1. The Morgan fingerprint density at radius 1 is 1.31 bits per heavy atom. The van der Waals surface area contributed by atoms with Crippen molar-refractivity contribution in [3.8, 4) is 0 Å². The topological polar surface area (TPSA) is 37.3 Å². The highest BCUT2D eigenvalue weighted by atomic mass is 19.1. The maximum absolute atomic E-state index is 13.0. The van der Waals surface area contributed by atoms with Crippen molar-refractivity contribution in [3.63, 3.8) is 0 Å². The summed E-state index contributed by atoms with van der Waals surface area (Å²) in [5.41, 5.74) is -0.863. The van der Waals surface area contributed by atoms with Gasteiger partial charge in [0.2, 0.25) is 0 Å². The number of hydrogen-bond acceptors (Lipinski definition) is 1. The van der Waals surface area contributed by atoms with E-state index >= 15 is 0 Å². The molecule has 1 aromatic carbocycles. The lowest BCUT2D eigenvalue weighted by Crippen LogP contribution is -2.47. The first kappa shape index (κ1) is 11.0. The predicted octanol–water partition coefficient (Wildman–Crippen LogP) is 2.72. The average Bonchev–Trinajstić information content (AvgIpc) is 2.10. The molecular weight excluding hydrogens is 214 g/mol. The Hall–Kier alpha value is -1.45. The molecule has 1 aliphatic carbocycles. The molecule has 16 heavy (non-hydrogen) atoms. The first-order valence-electron chi connectivity index (χ1n) is 5.14. The van der Waals surface area contributed by atoms with Gasteiger partial charge in [0.15, 0.2) is 0 Å². The largest absolute Gasteiger partial charge is 0.481 e. The molecule has 1 saturated carbocycles. The summed E-state index contributed by atoms with van der Waals surface area (Å²) >= 11 is 0. The van der Waals surface area contributed by atoms with E-state index in [1.165, 1.54) is 0 Å². The molecule has 0 radical (unpaired) electrons. The Bertz CT molecular complexity index is 416. The van der Waals surface area contributed by atoms with Crippen molar-refractivity contribution in [1.29, 1.82) is 0 Å². The molecule has 0 atom stereocenters. The van der Waals surface area contributed by atoms with Crippen LogP contribution >= 0.6 is 0 Å². The Morgan fingerprint density at radius 2 is 1.81 bits per heavy atom. The molecule has 1 aliphatic rings. The van der Waals surface area contributed by atoms with Gasteiger partial charge in [0.05, 0.1) is 5.41 Å². The predicted molar refractivity (Wildman–Crippen MR) is 54.1 cm³/mol. The molecule has 0 aliphatic heterocycles. The van der Waals surface area contributed by atoms with Crippen molar-refractivity contribution < 1.29 is 18.7 Å². The molecule has 0 aromatic heterocycles. The van der Waals surface area contributed by atoms with Gasteiger partial charge < -0.3 is 5.11 Å². The van der Waals surface area contributed by atoms with Crippen LogP contribution in [0.5, 0.6) is 0 Å². The average molecular weight is 226 g/mol. The number of aliphatic carboxylic acids is 1. The Morgan fingerprint density at radius 3 is 2.19 bits per heavy atom. The number of halogens is 2. The zero-order valence-corrected chi connectivity index (χ0v) is 8.84. The van der Waals surface area contributed by atoms with Crippen LogP contribution in [-0.2, 0) is 10.2 Å². The molecule has 2 rings (SSSR count). The summed E-state index contributed by atoms with van der Waals surface area (Å²) in [5.74, 6) is -2.18. The van der Waals surface area contributed by atoms with E-state index in [1.54, 1.807) is 0 Å². The van der Waals surface area contributed by atoms with Crippen molar-refractivity contribution in [2.24, 2.45) is 5.92 Å². The summed E-state index contributed by atoms with van der Waals surface area (Å²) in [6.45, 7) is 1.93. The van der Waals surface area contributed by atoms with Crippen molar-refractivity contribution in [3.05, 3.63) is 35.4 Å². The van der Waals surface area contributed by atoms with Crippen molar-refractivity contribution in [2.75, 3.05) is 0 Å². The van der Waals surface area contributed by atoms with Gasteiger partial charge in [0, 0.05) is 6.07 Å². The highest BCUT2D eigenvalue weighted by molar-refractivity contribution is 5.82. The van der Waals surface area contributed by atoms with Crippen molar-refractivity contribution >= 4 is 5.97 Å². The molecule has 0 unspecified atom stereocenters. The molecule has 0 heterocycles. The number of rotatable bonds is 2. The van der Waals surface area contributed by atoms with Crippen LogP contribution in [0, 0.1) is 17.6 Å². The minimum Gasteiger partial charge on any atom is -0.481 e. The molecule has 0 bridgehead atoms. The lowest BCUT2D eigenvalue weighted by molar-refractivity contribution is -0.149. The van der Waals surface area contributed by atoms with Gasteiger partial charge in [-0.15, -0.1) is 0 Å². The highest BCUT2D eigenvalue weighted by Gasteiger charge is 2.50. The van der Waals surface area contributed by atoms with Gasteiger partial charge in [0.1, 0.15) is 11.6 Å². The summed E-state index contributed by atoms with van der Waals surface area (Å²) in [4.78, 5) is 11.2. The van der Waals surface area contributed by atoms with E-state index in [1.807, 2.05) is 6.92 Å². The smallest absolute Gasteiger partial charge is 0.314 e. The maximum atomic E-state index is 13.0. The van der Waals surface area contributed by atoms with Crippen LogP contribution in [0.1, 0.15) is 25.3 Å². The van der Waals surface area contributed by atoms with Crippen LogP contribution in [0.15, 0.2) is 18.2 Å². The fraction of sp³-hybridized carbons (Fsp3) is 0.417. The van der Waals surface area contributed by atoms with E-state index in [0.717, 1.165) is 18.2 Å². The van der Waals surface area contributed by atoms with Crippen LogP contribution < -0.4 is 0 Å². The molecule has 1 fully saturated rings. The minimum absolute atomic E-state index is 0.232.